The van der Waals surface area contributed by atoms with Gasteiger partial charge in [-0.25, -0.2) is 0 Å². The van der Waals surface area contributed by atoms with Crippen molar-refractivity contribution in [3.8, 4) is 5.75 Å². The monoisotopic (exact) mass is 430 g/mol. The lowest BCUT2D eigenvalue weighted by Gasteiger charge is -2.28. The number of amides is 1. The van der Waals surface area contributed by atoms with Gasteiger partial charge in [0.1, 0.15) is 0 Å². The van der Waals surface area contributed by atoms with Crippen LogP contribution in [-0.2, 0) is 21.7 Å². The summed E-state index contributed by atoms with van der Waals surface area (Å²) in [4.78, 5) is 25.6. The van der Waals surface area contributed by atoms with Gasteiger partial charge in [0.2, 0.25) is 5.91 Å². The van der Waals surface area contributed by atoms with Crippen LogP contribution in [0.3, 0.4) is 0 Å². The van der Waals surface area contributed by atoms with Crippen molar-refractivity contribution in [2.75, 3.05) is 32.6 Å². The summed E-state index contributed by atoms with van der Waals surface area (Å²) in [6.07, 6.45) is 1.66. The summed E-state index contributed by atoms with van der Waals surface area (Å²) in [5.74, 6) is 1.16. The van der Waals surface area contributed by atoms with Gasteiger partial charge < -0.3 is 14.4 Å². The first-order chi connectivity index (χ1) is 14.6. The summed E-state index contributed by atoms with van der Waals surface area (Å²) in [6.45, 7) is 1.92. The molecular weight excluding hydrogens is 404 g/mol. The van der Waals surface area contributed by atoms with E-state index in [0.717, 1.165) is 18.4 Å². The van der Waals surface area contributed by atoms with Gasteiger partial charge in [0, 0.05) is 25.0 Å². The molecule has 1 amide bonds. The van der Waals surface area contributed by atoms with Crippen molar-refractivity contribution in [3.63, 3.8) is 0 Å². The van der Waals surface area contributed by atoms with Crippen LogP contribution < -0.4 is 4.74 Å². The van der Waals surface area contributed by atoms with Crippen LogP contribution >= 0.6 is 11.8 Å². The predicted octanol–water partition coefficient (Wildman–Crippen LogP) is 3.70. The van der Waals surface area contributed by atoms with Gasteiger partial charge in [-0.3, -0.25) is 14.9 Å². The Morgan fingerprint density at radius 2 is 2.07 bits per heavy atom. The van der Waals surface area contributed by atoms with Gasteiger partial charge in [-0.15, -0.1) is 11.8 Å². The molecular formula is C22H26N2O5S. The Morgan fingerprint density at radius 3 is 2.73 bits per heavy atom. The molecule has 2 aromatic carbocycles. The minimum atomic E-state index is -0.455. The maximum Gasteiger partial charge on any atom is 0.311 e. The molecule has 0 saturated carbocycles. The first-order valence-electron chi connectivity index (χ1n) is 9.88. The van der Waals surface area contributed by atoms with Gasteiger partial charge in [-0.2, -0.15) is 0 Å². The van der Waals surface area contributed by atoms with Crippen LogP contribution in [0.25, 0.3) is 0 Å². The molecule has 3 rings (SSSR count). The smallest absolute Gasteiger partial charge is 0.311 e. The summed E-state index contributed by atoms with van der Waals surface area (Å²) in [5.41, 5.74) is 1.93. The van der Waals surface area contributed by atoms with E-state index in [1.807, 2.05) is 23.1 Å². The molecule has 160 valence electrons. The zero-order valence-electron chi connectivity index (χ0n) is 17.0. The van der Waals surface area contributed by atoms with Crippen molar-refractivity contribution in [1.29, 1.82) is 0 Å². The number of hydrogen-bond donors (Lipinski definition) is 0. The second kappa shape index (κ2) is 11.0. The van der Waals surface area contributed by atoms with E-state index in [9.17, 15) is 14.9 Å². The number of nitro groups is 1. The first-order valence-corrected chi connectivity index (χ1v) is 11.0. The normalized spacial score (nSPS) is 15.7. The fourth-order valence-electron chi connectivity index (χ4n) is 3.48. The second-order valence-corrected chi connectivity index (χ2v) is 8.08. The Balaban J connectivity index is 1.57. The minimum Gasteiger partial charge on any atom is -0.490 e. The third-order valence-electron chi connectivity index (χ3n) is 5.09. The number of nitro benzene ring substituents is 1. The van der Waals surface area contributed by atoms with Crippen molar-refractivity contribution < 1.29 is 19.2 Å². The molecule has 1 fully saturated rings. The van der Waals surface area contributed by atoms with E-state index in [2.05, 4.69) is 12.1 Å². The summed E-state index contributed by atoms with van der Waals surface area (Å²) in [5, 5.41) is 11.2. The lowest BCUT2D eigenvalue weighted by Crippen LogP contribution is -2.43. The minimum absolute atomic E-state index is 0.0606. The Kier molecular flexibility index (Phi) is 8.10. The molecule has 0 radical (unpaired) electrons. The molecule has 1 saturated heterocycles. The maximum atomic E-state index is 12.9. The first kappa shape index (κ1) is 22.1. The van der Waals surface area contributed by atoms with E-state index >= 15 is 0 Å². The van der Waals surface area contributed by atoms with E-state index in [0.29, 0.717) is 31.3 Å². The van der Waals surface area contributed by atoms with Crippen LogP contribution in [0.2, 0.25) is 0 Å². The molecule has 1 aliphatic heterocycles. The summed E-state index contributed by atoms with van der Waals surface area (Å²) in [6, 6.07) is 15.1. The highest BCUT2D eigenvalue weighted by Gasteiger charge is 2.27. The van der Waals surface area contributed by atoms with E-state index in [4.69, 9.17) is 9.47 Å². The number of thioether (sulfide) groups is 1. The highest BCUT2D eigenvalue weighted by Crippen LogP contribution is 2.29. The quantitative estimate of drug-likeness (QED) is 0.422. The topological polar surface area (TPSA) is 81.9 Å². The third-order valence-corrected chi connectivity index (χ3v) is 6.07. The SMILES string of the molecule is COc1ccc(CSCC(=O)N(CCc2ccccc2)[C@@H]2CCOC2)cc1[N+](=O)[O-]. The van der Waals surface area contributed by atoms with Crippen LogP contribution in [0, 0.1) is 10.1 Å². The maximum absolute atomic E-state index is 12.9. The number of nitrogens with zero attached hydrogens (tertiary/aromatic N) is 2. The molecule has 30 heavy (non-hydrogen) atoms. The average molecular weight is 431 g/mol. The predicted molar refractivity (Wildman–Crippen MR) is 117 cm³/mol. The molecule has 0 N–H and O–H groups in total. The molecule has 1 atom stereocenters. The van der Waals surface area contributed by atoms with Crippen molar-refractivity contribution >= 4 is 23.4 Å². The van der Waals surface area contributed by atoms with Crippen molar-refractivity contribution in [2.45, 2.75) is 24.6 Å². The summed E-state index contributed by atoms with van der Waals surface area (Å²) < 4.78 is 10.5. The number of rotatable bonds is 10. The Labute approximate surface area is 180 Å². The summed E-state index contributed by atoms with van der Waals surface area (Å²) in [7, 11) is 1.41. The zero-order chi connectivity index (χ0) is 21.3. The second-order valence-electron chi connectivity index (χ2n) is 7.10. The van der Waals surface area contributed by atoms with Gasteiger partial charge in [0.05, 0.1) is 30.4 Å². The molecule has 0 aromatic heterocycles. The summed E-state index contributed by atoms with van der Waals surface area (Å²) >= 11 is 1.46. The lowest BCUT2D eigenvalue weighted by atomic mass is 10.1. The number of carbonyl (C=O) groups excluding carboxylic acids is 1. The van der Waals surface area contributed by atoms with Crippen LogP contribution in [0.4, 0.5) is 5.69 Å². The van der Waals surface area contributed by atoms with E-state index in [1.165, 1.54) is 30.5 Å². The van der Waals surface area contributed by atoms with Gasteiger partial charge in [-0.05, 0) is 30.0 Å². The number of carbonyl (C=O) groups is 1. The third kappa shape index (κ3) is 5.96. The van der Waals surface area contributed by atoms with Gasteiger partial charge in [0.15, 0.2) is 5.75 Å². The van der Waals surface area contributed by atoms with E-state index < -0.39 is 4.92 Å². The molecule has 0 unspecified atom stereocenters. The number of methoxy groups -OCH3 is 1. The Bertz CT molecular complexity index is 856. The number of benzene rings is 2. The molecule has 1 heterocycles. The van der Waals surface area contributed by atoms with Crippen LogP contribution in [0.15, 0.2) is 48.5 Å². The van der Waals surface area contributed by atoms with Gasteiger partial charge >= 0.3 is 5.69 Å². The molecule has 8 heteroatoms. The highest BCUT2D eigenvalue weighted by molar-refractivity contribution is 7.99. The van der Waals surface area contributed by atoms with E-state index in [1.54, 1.807) is 12.1 Å². The molecule has 1 aliphatic rings. The number of hydrogen-bond acceptors (Lipinski definition) is 6. The standard InChI is InChI=1S/C22H26N2O5S/c1-28-21-8-7-18(13-20(21)24(26)27)15-30-16-22(25)23(19-10-12-29-14-19)11-9-17-5-3-2-4-6-17/h2-8,13,19H,9-12,14-16H2,1H3/t19-/m1/s1. The Hall–Kier alpha value is -2.58. The molecule has 7 nitrogen and oxygen atoms in total. The zero-order valence-corrected chi connectivity index (χ0v) is 17.8. The fraction of sp³-hybridized carbons (Fsp3) is 0.409. The van der Waals surface area contributed by atoms with Crippen molar-refractivity contribution in [2.24, 2.45) is 0 Å². The molecule has 2 aromatic rings. The Morgan fingerprint density at radius 1 is 1.27 bits per heavy atom. The van der Waals surface area contributed by atoms with Crippen LogP contribution in [-0.4, -0.2) is 54.4 Å². The largest absolute Gasteiger partial charge is 0.490 e. The average Bonchev–Trinajstić information content (AvgIpc) is 3.29. The van der Waals surface area contributed by atoms with Crippen molar-refractivity contribution in [1.82, 2.24) is 4.90 Å². The van der Waals surface area contributed by atoms with E-state index in [-0.39, 0.29) is 23.4 Å². The van der Waals surface area contributed by atoms with Gasteiger partial charge in [0.25, 0.3) is 0 Å². The van der Waals surface area contributed by atoms with Crippen LogP contribution in [0.5, 0.6) is 5.75 Å². The molecule has 0 aliphatic carbocycles. The van der Waals surface area contributed by atoms with Crippen LogP contribution in [0.1, 0.15) is 17.5 Å². The fourth-order valence-corrected chi connectivity index (χ4v) is 4.34. The van der Waals surface area contributed by atoms with Gasteiger partial charge in [-0.1, -0.05) is 36.4 Å². The number of ether oxygens (including phenoxy) is 2. The molecule has 0 spiro atoms. The highest BCUT2D eigenvalue weighted by atomic mass is 32.2. The van der Waals surface area contributed by atoms with Crippen molar-refractivity contribution in [3.05, 3.63) is 69.8 Å². The molecule has 0 bridgehead atoms. The lowest BCUT2D eigenvalue weighted by molar-refractivity contribution is -0.385.